The van der Waals surface area contributed by atoms with E-state index in [1.54, 1.807) is 31.2 Å². The summed E-state index contributed by atoms with van der Waals surface area (Å²) in [6.45, 7) is 1.66. The number of esters is 3. The van der Waals surface area contributed by atoms with Crippen LogP contribution in [0.25, 0.3) is 0 Å². The Morgan fingerprint density at radius 2 is 1.57 bits per heavy atom. The number of methoxy groups -OCH3 is 2. The molecule has 0 heterocycles. The van der Waals surface area contributed by atoms with E-state index in [-0.39, 0.29) is 6.42 Å². The van der Waals surface area contributed by atoms with Gasteiger partial charge in [0.1, 0.15) is 11.5 Å². The van der Waals surface area contributed by atoms with E-state index in [1.165, 1.54) is 14.2 Å². The highest BCUT2D eigenvalue weighted by Crippen LogP contribution is 2.18. The molecule has 0 spiro atoms. The Hall–Kier alpha value is -2.83. The van der Waals surface area contributed by atoms with Gasteiger partial charge in [0.15, 0.2) is 6.10 Å². The zero-order chi connectivity index (χ0) is 17.2. The van der Waals surface area contributed by atoms with Gasteiger partial charge in [-0.3, -0.25) is 0 Å². The molecule has 124 valence electrons. The Labute approximate surface area is 133 Å². The van der Waals surface area contributed by atoms with Gasteiger partial charge < -0.3 is 18.9 Å². The highest BCUT2D eigenvalue weighted by Gasteiger charge is 2.22. The van der Waals surface area contributed by atoms with Crippen molar-refractivity contribution in [2.75, 3.05) is 14.2 Å². The predicted molar refractivity (Wildman–Crippen MR) is 80.0 cm³/mol. The second kappa shape index (κ2) is 9.24. The van der Waals surface area contributed by atoms with Crippen molar-refractivity contribution in [1.29, 1.82) is 0 Å². The zero-order valence-corrected chi connectivity index (χ0v) is 13.1. The maximum absolute atomic E-state index is 12.0. The first-order valence-electron chi connectivity index (χ1n) is 6.82. The first-order valence-corrected chi connectivity index (χ1v) is 6.82. The van der Waals surface area contributed by atoms with Crippen LogP contribution < -0.4 is 9.47 Å². The zero-order valence-electron chi connectivity index (χ0n) is 13.1. The molecule has 1 atom stereocenters. The summed E-state index contributed by atoms with van der Waals surface area (Å²) < 4.78 is 19.4. The summed E-state index contributed by atoms with van der Waals surface area (Å²) in [5, 5.41) is 0. The number of carbonyl (C=O) groups excluding carboxylic acids is 3. The summed E-state index contributed by atoms with van der Waals surface area (Å²) >= 11 is 0. The van der Waals surface area contributed by atoms with Crippen LogP contribution in [0.3, 0.4) is 0 Å². The predicted octanol–water partition coefficient (Wildman–Crippen LogP) is 1.65. The van der Waals surface area contributed by atoms with Crippen molar-refractivity contribution in [3.05, 3.63) is 36.4 Å². The van der Waals surface area contributed by atoms with Crippen LogP contribution in [0.5, 0.6) is 11.5 Å². The topological polar surface area (TPSA) is 88.1 Å². The molecule has 7 nitrogen and oxygen atoms in total. The average molecular weight is 322 g/mol. The molecule has 1 aromatic carbocycles. The molecule has 0 saturated carbocycles. The number of rotatable bonds is 7. The first kappa shape index (κ1) is 18.2. The lowest BCUT2D eigenvalue weighted by molar-refractivity contribution is -0.159. The van der Waals surface area contributed by atoms with Gasteiger partial charge in [-0.25, -0.2) is 14.4 Å². The monoisotopic (exact) mass is 322 g/mol. The molecule has 1 aromatic rings. The van der Waals surface area contributed by atoms with Crippen LogP contribution in [-0.2, 0) is 23.9 Å². The summed E-state index contributed by atoms with van der Waals surface area (Å²) in [6, 6.07) is 6.38. The van der Waals surface area contributed by atoms with Crippen LogP contribution in [-0.4, -0.2) is 38.2 Å². The Morgan fingerprint density at radius 1 is 1.00 bits per heavy atom. The van der Waals surface area contributed by atoms with Crippen molar-refractivity contribution in [2.24, 2.45) is 0 Å². The molecule has 0 radical (unpaired) electrons. The Morgan fingerprint density at radius 3 is 2.09 bits per heavy atom. The molecule has 0 aliphatic carbocycles. The number of ether oxygens (including phenoxy) is 4. The van der Waals surface area contributed by atoms with E-state index >= 15 is 0 Å². The van der Waals surface area contributed by atoms with Gasteiger partial charge in [-0.15, -0.1) is 0 Å². The van der Waals surface area contributed by atoms with Crippen molar-refractivity contribution in [1.82, 2.24) is 0 Å². The minimum Gasteiger partial charge on any atom is -0.497 e. The normalized spacial score (nSPS) is 11.6. The second-order valence-corrected chi connectivity index (χ2v) is 4.29. The number of benzene rings is 1. The molecule has 7 heteroatoms. The van der Waals surface area contributed by atoms with Crippen LogP contribution in [0.1, 0.15) is 13.3 Å². The molecule has 0 saturated heterocycles. The molecular formula is C16H18O7. The van der Waals surface area contributed by atoms with E-state index in [2.05, 4.69) is 4.74 Å². The van der Waals surface area contributed by atoms with Crippen molar-refractivity contribution in [2.45, 2.75) is 19.4 Å². The van der Waals surface area contributed by atoms with Gasteiger partial charge in [-0.05, 0) is 30.7 Å². The molecular weight excluding hydrogens is 304 g/mol. The number of hydrogen-bond donors (Lipinski definition) is 0. The molecule has 0 aliphatic rings. The quantitative estimate of drug-likeness (QED) is 0.428. The molecule has 1 rings (SSSR count). The average Bonchev–Trinajstić information content (AvgIpc) is 2.57. The molecule has 0 amide bonds. The maximum Gasteiger partial charge on any atom is 0.352 e. The van der Waals surface area contributed by atoms with Crippen LogP contribution in [0.15, 0.2) is 36.4 Å². The van der Waals surface area contributed by atoms with Crippen molar-refractivity contribution in [3.8, 4) is 11.5 Å². The lowest BCUT2D eigenvalue weighted by Crippen LogP contribution is -2.30. The molecule has 23 heavy (non-hydrogen) atoms. The summed E-state index contributed by atoms with van der Waals surface area (Å²) in [4.78, 5) is 34.4. The van der Waals surface area contributed by atoms with E-state index in [0.29, 0.717) is 11.5 Å². The van der Waals surface area contributed by atoms with Gasteiger partial charge in [0.05, 0.1) is 14.2 Å². The van der Waals surface area contributed by atoms with Gasteiger partial charge in [-0.2, -0.15) is 0 Å². The smallest absolute Gasteiger partial charge is 0.352 e. The number of hydrogen-bond acceptors (Lipinski definition) is 7. The molecule has 0 aromatic heterocycles. The standard InChI is InChI=1S/C16H18O7/c1-4-13(23-15(18)10-9-14(17)21-3)16(19)22-12-7-5-11(20-2)6-8-12/h5-10,13H,4H2,1-3H3. The summed E-state index contributed by atoms with van der Waals surface area (Å²) in [5.74, 6) is -1.33. The highest BCUT2D eigenvalue weighted by molar-refractivity contribution is 5.92. The molecule has 0 N–H and O–H groups in total. The summed E-state index contributed by atoms with van der Waals surface area (Å²) in [6.07, 6.45) is 0.943. The third-order valence-corrected chi connectivity index (χ3v) is 2.73. The second-order valence-electron chi connectivity index (χ2n) is 4.29. The van der Waals surface area contributed by atoms with Crippen molar-refractivity contribution < 1.29 is 33.3 Å². The number of carbonyl (C=O) groups is 3. The Balaban J connectivity index is 2.61. The molecule has 0 aliphatic heterocycles. The van der Waals surface area contributed by atoms with Crippen LogP contribution >= 0.6 is 0 Å². The SMILES string of the molecule is CCC(OC(=O)C=CC(=O)OC)C(=O)Oc1ccc(OC)cc1. The third kappa shape index (κ3) is 6.21. The van der Waals surface area contributed by atoms with Crippen LogP contribution in [0.4, 0.5) is 0 Å². The van der Waals surface area contributed by atoms with E-state index < -0.39 is 24.0 Å². The maximum atomic E-state index is 12.0. The lowest BCUT2D eigenvalue weighted by Gasteiger charge is -2.14. The van der Waals surface area contributed by atoms with Crippen LogP contribution in [0.2, 0.25) is 0 Å². The van der Waals surface area contributed by atoms with Gasteiger partial charge in [-0.1, -0.05) is 6.92 Å². The van der Waals surface area contributed by atoms with E-state index in [4.69, 9.17) is 14.2 Å². The van der Waals surface area contributed by atoms with Crippen molar-refractivity contribution >= 4 is 17.9 Å². The van der Waals surface area contributed by atoms with Crippen LogP contribution in [0, 0.1) is 0 Å². The molecule has 0 bridgehead atoms. The van der Waals surface area contributed by atoms with E-state index in [0.717, 1.165) is 12.2 Å². The highest BCUT2D eigenvalue weighted by atomic mass is 16.6. The largest absolute Gasteiger partial charge is 0.497 e. The van der Waals surface area contributed by atoms with Gasteiger partial charge in [0.25, 0.3) is 0 Å². The molecule has 1 unspecified atom stereocenters. The van der Waals surface area contributed by atoms with Gasteiger partial charge in [0.2, 0.25) is 0 Å². The summed E-state index contributed by atoms with van der Waals surface area (Å²) in [7, 11) is 2.70. The van der Waals surface area contributed by atoms with Gasteiger partial charge >= 0.3 is 17.9 Å². The summed E-state index contributed by atoms with van der Waals surface area (Å²) in [5.41, 5.74) is 0. The van der Waals surface area contributed by atoms with Crippen molar-refractivity contribution in [3.63, 3.8) is 0 Å². The Bertz CT molecular complexity index is 575. The molecule has 0 fully saturated rings. The Kier molecular flexibility index (Phi) is 7.32. The minimum absolute atomic E-state index is 0.229. The van der Waals surface area contributed by atoms with E-state index in [1.807, 2.05) is 0 Å². The lowest BCUT2D eigenvalue weighted by atomic mass is 10.2. The van der Waals surface area contributed by atoms with Gasteiger partial charge in [0, 0.05) is 12.2 Å². The third-order valence-electron chi connectivity index (χ3n) is 2.73. The first-order chi connectivity index (χ1) is 11.0. The van der Waals surface area contributed by atoms with E-state index in [9.17, 15) is 14.4 Å². The fourth-order valence-electron chi connectivity index (χ4n) is 1.51. The minimum atomic E-state index is -1.08. The fourth-order valence-corrected chi connectivity index (χ4v) is 1.51. The fraction of sp³-hybridized carbons (Fsp3) is 0.312.